The molecule has 1 aliphatic rings. The van der Waals surface area contributed by atoms with Gasteiger partial charge in [-0.1, -0.05) is 60.7 Å². The third kappa shape index (κ3) is 2.80. The predicted molar refractivity (Wildman–Crippen MR) is 114 cm³/mol. The molecule has 1 unspecified atom stereocenters. The normalized spacial score (nSPS) is 13.6. The number of aryl methyl sites for hydroxylation is 2. The minimum atomic E-state index is -0.603. The molecular weight excluding hydrogens is 346 g/mol. The summed E-state index contributed by atoms with van der Waals surface area (Å²) in [6.07, 6.45) is 1.55. The summed E-state index contributed by atoms with van der Waals surface area (Å²) >= 11 is 0. The molecule has 4 aromatic carbocycles. The Labute approximate surface area is 163 Å². The second-order valence-electron chi connectivity index (χ2n) is 7.34. The summed E-state index contributed by atoms with van der Waals surface area (Å²) in [6, 6.07) is 24.4. The van der Waals surface area contributed by atoms with Crippen molar-refractivity contribution in [2.75, 3.05) is 5.32 Å². The van der Waals surface area contributed by atoms with Gasteiger partial charge in [-0.15, -0.1) is 0 Å². The van der Waals surface area contributed by atoms with E-state index in [0.29, 0.717) is 0 Å². The van der Waals surface area contributed by atoms with Crippen LogP contribution in [-0.4, -0.2) is 12.0 Å². The maximum absolute atomic E-state index is 12.8. The Balaban J connectivity index is 1.41. The van der Waals surface area contributed by atoms with Crippen LogP contribution in [0.2, 0.25) is 0 Å². The number of hydrogen-bond donors (Lipinski definition) is 1. The van der Waals surface area contributed by atoms with Gasteiger partial charge in [0.2, 0.25) is 0 Å². The first-order valence-corrected chi connectivity index (χ1v) is 9.69. The molecule has 0 saturated heterocycles. The lowest BCUT2D eigenvalue weighted by molar-refractivity contribution is -0.122. The largest absolute Gasteiger partial charge is 0.480 e. The minimum absolute atomic E-state index is 0.147. The molecule has 28 heavy (non-hydrogen) atoms. The van der Waals surface area contributed by atoms with E-state index in [1.807, 2.05) is 48.5 Å². The zero-order valence-corrected chi connectivity index (χ0v) is 15.7. The SMILES string of the molecule is CC(Oc1cccc2ccccc12)C(=O)Nc1ccc2c3c(cccc13)CC2. The summed E-state index contributed by atoms with van der Waals surface area (Å²) < 4.78 is 6.02. The summed E-state index contributed by atoms with van der Waals surface area (Å²) in [4.78, 5) is 12.8. The third-order valence-corrected chi connectivity index (χ3v) is 5.56. The Hall–Kier alpha value is -3.33. The fraction of sp³-hybridized carbons (Fsp3) is 0.160. The van der Waals surface area contributed by atoms with E-state index in [4.69, 9.17) is 4.74 Å². The Morgan fingerprint density at radius 1 is 0.857 bits per heavy atom. The van der Waals surface area contributed by atoms with Gasteiger partial charge in [-0.3, -0.25) is 4.79 Å². The summed E-state index contributed by atoms with van der Waals surface area (Å²) in [5.41, 5.74) is 3.58. The van der Waals surface area contributed by atoms with E-state index < -0.39 is 6.10 Å². The zero-order valence-electron chi connectivity index (χ0n) is 15.7. The number of hydrogen-bond acceptors (Lipinski definition) is 2. The average Bonchev–Trinajstić information content (AvgIpc) is 3.15. The average molecular weight is 367 g/mol. The van der Waals surface area contributed by atoms with Crippen molar-refractivity contribution in [1.29, 1.82) is 0 Å². The van der Waals surface area contributed by atoms with E-state index in [1.54, 1.807) is 6.92 Å². The highest BCUT2D eigenvalue weighted by Crippen LogP contribution is 2.35. The van der Waals surface area contributed by atoms with Gasteiger partial charge in [0.1, 0.15) is 5.75 Å². The van der Waals surface area contributed by atoms with Crippen molar-refractivity contribution in [1.82, 2.24) is 0 Å². The number of ether oxygens (including phenoxy) is 1. The Bertz CT molecular complexity index is 1200. The van der Waals surface area contributed by atoms with Gasteiger partial charge in [-0.05, 0) is 53.8 Å². The van der Waals surface area contributed by atoms with Crippen molar-refractivity contribution in [3.63, 3.8) is 0 Å². The van der Waals surface area contributed by atoms with Gasteiger partial charge in [-0.25, -0.2) is 0 Å². The van der Waals surface area contributed by atoms with Crippen LogP contribution >= 0.6 is 0 Å². The zero-order chi connectivity index (χ0) is 19.1. The van der Waals surface area contributed by atoms with Crippen LogP contribution in [0.15, 0.2) is 72.8 Å². The number of rotatable bonds is 4. The monoisotopic (exact) mass is 367 g/mol. The van der Waals surface area contributed by atoms with E-state index >= 15 is 0 Å². The van der Waals surface area contributed by atoms with Gasteiger partial charge >= 0.3 is 0 Å². The van der Waals surface area contributed by atoms with Crippen molar-refractivity contribution in [2.45, 2.75) is 25.9 Å². The Morgan fingerprint density at radius 2 is 1.57 bits per heavy atom. The molecule has 0 bridgehead atoms. The Morgan fingerprint density at radius 3 is 2.46 bits per heavy atom. The van der Waals surface area contributed by atoms with Crippen LogP contribution in [0.4, 0.5) is 5.69 Å². The van der Waals surface area contributed by atoms with Crippen molar-refractivity contribution in [2.24, 2.45) is 0 Å². The minimum Gasteiger partial charge on any atom is -0.480 e. The van der Waals surface area contributed by atoms with Crippen LogP contribution in [0.1, 0.15) is 18.1 Å². The quantitative estimate of drug-likeness (QED) is 0.517. The van der Waals surface area contributed by atoms with Crippen LogP contribution in [-0.2, 0) is 17.6 Å². The van der Waals surface area contributed by atoms with E-state index in [1.165, 1.54) is 16.5 Å². The molecule has 1 aliphatic carbocycles. The molecule has 0 spiro atoms. The van der Waals surface area contributed by atoms with Crippen LogP contribution in [0.25, 0.3) is 21.5 Å². The molecule has 0 aromatic heterocycles. The molecule has 0 saturated carbocycles. The number of nitrogens with one attached hydrogen (secondary N) is 1. The summed E-state index contributed by atoms with van der Waals surface area (Å²) in [5.74, 6) is 0.577. The predicted octanol–water partition coefficient (Wildman–Crippen LogP) is 5.50. The molecule has 1 atom stereocenters. The first-order chi connectivity index (χ1) is 13.7. The maximum Gasteiger partial charge on any atom is 0.265 e. The maximum atomic E-state index is 12.8. The molecular formula is C25H21NO2. The third-order valence-electron chi connectivity index (χ3n) is 5.56. The summed E-state index contributed by atoms with van der Waals surface area (Å²) in [6.45, 7) is 1.79. The highest BCUT2D eigenvalue weighted by atomic mass is 16.5. The van der Waals surface area contributed by atoms with Crippen molar-refractivity contribution in [3.05, 3.63) is 83.9 Å². The molecule has 0 heterocycles. The summed E-state index contributed by atoms with van der Waals surface area (Å²) in [7, 11) is 0. The van der Waals surface area contributed by atoms with Crippen LogP contribution in [0.5, 0.6) is 5.75 Å². The van der Waals surface area contributed by atoms with Crippen molar-refractivity contribution < 1.29 is 9.53 Å². The number of fused-ring (bicyclic) bond motifs is 1. The van der Waals surface area contributed by atoms with Crippen LogP contribution < -0.4 is 10.1 Å². The van der Waals surface area contributed by atoms with Crippen LogP contribution in [0.3, 0.4) is 0 Å². The molecule has 3 heteroatoms. The highest BCUT2D eigenvalue weighted by Gasteiger charge is 2.20. The molecule has 1 amide bonds. The van der Waals surface area contributed by atoms with Gasteiger partial charge in [0.05, 0.1) is 0 Å². The van der Waals surface area contributed by atoms with Gasteiger partial charge in [0, 0.05) is 16.5 Å². The van der Waals surface area contributed by atoms with Gasteiger partial charge in [-0.2, -0.15) is 0 Å². The molecule has 1 N–H and O–H groups in total. The van der Waals surface area contributed by atoms with Crippen molar-refractivity contribution >= 4 is 33.1 Å². The topological polar surface area (TPSA) is 38.3 Å². The number of anilines is 1. The number of amides is 1. The van der Waals surface area contributed by atoms with Gasteiger partial charge in [0.15, 0.2) is 6.10 Å². The smallest absolute Gasteiger partial charge is 0.265 e. The van der Waals surface area contributed by atoms with Crippen molar-refractivity contribution in [3.8, 4) is 5.75 Å². The lowest BCUT2D eigenvalue weighted by Gasteiger charge is -2.17. The van der Waals surface area contributed by atoms with E-state index in [2.05, 4.69) is 29.6 Å². The second kappa shape index (κ2) is 6.68. The standard InChI is InChI=1S/C25H21NO2/c1-16(28-23-11-5-7-17-6-2-3-9-20(17)23)25(27)26-22-15-14-19-13-12-18-8-4-10-21(22)24(18)19/h2-11,14-16H,12-13H2,1H3,(H,26,27). The van der Waals surface area contributed by atoms with Gasteiger partial charge in [0.25, 0.3) is 5.91 Å². The number of carbonyl (C=O) groups excluding carboxylic acids is 1. The molecule has 0 fully saturated rings. The highest BCUT2D eigenvalue weighted by molar-refractivity contribution is 6.06. The lowest BCUT2D eigenvalue weighted by atomic mass is 10.0. The van der Waals surface area contributed by atoms with E-state index in [9.17, 15) is 4.79 Å². The molecule has 0 radical (unpaired) electrons. The fourth-order valence-electron chi connectivity index (χ4n) is 4.13. The molecule has 5 rings (SSSR count). The molecule has 4 aromatic rings. The van der Waals surface area contributed by atoms with Crippen LogP contribution in [0, 0.1) is 0 Å². The summed E-state index contributed by atoms with van der Waals surface area (Å²) in [5, 5.41) is 7.58. The van der Waals surface area contributed by atoms with E-state index in [0.717, 1.165) is 40.4 Å². The lowest BCUT2D eigenvalue weighted by Crippen LogP contribution is -2.30. The number of carbonyl (C=O) groups is 1. The first-order valence-electron chi connectivity index (χ1n) is 9.69. The Kier molecular flexibility index (Phi) is 4.01. The van der Waals surface area contributed by atoms with Gasteiger partial charge < -0.3 is 10.1 Å². The molecule has 0 aliphatic heterocycles. The molecule has 3 nitrogen and oxygen atoms in total. The van der Waals surface area contributed by atoms with E-state index in [-0.39, 0.29) is 5.91 Å². The molecule has 138 valence electrons. The number of benzene rings is 4. The second-order valence-corrected chi connectivity index (χ2v) is 7.34. The first kappa shape index (κ1) is 16.8. The fourth-order valence-corrected chi connectivity index (χ4v) is 4.13.